The van der Waals surface area contributed by atoms with Crippen LogP contribution in [0.5, 0.6) is 0 Å². The first-order valence-electron chi connectivity index (χ1n) is 6.64. The van der Waals surface area contributed by atoms with Crippen molar-refractivity contribution < 1.29 is 20.1 Å². The molecule has 0 aromatic rings. The quantitative estimate of drug-likeness (QED) is 0.621. The van der Waals surface area contributed by atoms with Crippen molar-refractivity contribution in [2.45, 2.75) is 65.8 Å². The van der Waals surface area contributed by atoms with Crippen molar-refractivity contribution in [3.05, 3.63) is 0 Å². The molecule has 0 aliphatic carbocycles. The van der Waals surface area contributed by atoms with Crippen LogP contribution in [0.4, 0.5) is 0 Å². The van der Waals surface area contributed by atoms with Gasteiger partial charge >= 0.3 is 0 Å². The fourth-order valence-corrected chi connectivity index (χ4v) is 1.59. The van der Waals surface area contributed by atoms with E-state index in [1.54, 1.807) is 0 Å². The Bertz CT molecular complexity index is 236. The monoisotopic (exact) mass is 262 g/mol. The molecule has 18 heavy (non-hydrogen) atoms. The van der Waals surface area contributed by atoms with Gasteiger partial charge in [0, 0.05) is 6.42 Å². The van der Waals surface area contributed by atoms with Crippen molar-refractivity contribution in [3.8, 4) is 0 Å². The highest BCUT2D eigenvalue weighted by Gasteiger charge is 2.33. The molecule has 0 fully saturated rings. The van der Waals surface area contributed by atoms with Crippen molar-refractivity contribution in [2.24, 2.45) is 11.3 Å². The van der Waals surface area contributed by atoms with Gasteiger partial charge in [-0.05, 0) is 25.2 Å². The normalized spacial score (nSPS) is 17.0. The van der Waals surface area contributed by atoms with Gasteiger partial charge in [-0.15, -0.1) is 0 Å². The zero-order valence-electron chi connectivity index (χ0n) is 12.6. The van der Waals surface area contributed by atoms with Crippen molar-refractivity contribution >= 4 is 0 Å². The first-order chi connectivity index (χ1) is 8.03. The van der Waals surface area contributed by atoms with Crippen LogP contribution >= 0.6 is 0 Å². The molecule has 2 unspecified atom stereocenters. The van der Waals surface area contributed by atoms with E-state index in [1.165, 1.54) is 0 Å². The van der Waals surface area contributed by atoms with Gasteiger partial charge in [-0.25, -0.2) is 0 Å². The molecule has 0 saturated carbocycles. The van der Waals surface area contributed by atoms with E-state index in [0.717, 1.165) is 0 Å². The van der Waals surface area contributed by atoms with Gasteiger partial charge in [0.2, 0.25) is 0 Å². The zero-order chi connectivity index (χ0) is 14.6. The van der Waals surface area contributed by atoms with Crippen LogP contribution in [0.2, 0.25) is 0 Å². The largest absolute Gasteiger partial charge is 0.394 e. The molecule has 0 bridgehead atoms. The Balaban J connectivity index is 4.31. The lowest BCUT2D eigenvalue weighted by Gasteiger charge is -2.37. The highest BCUT2D eigenvalue weighted by atomic mass is 16.5. The highest BCUT2D eigenvalue weighted by molar-refractivity contribution is 4.82. The summed E-state index contributed by atoms with van der Waals surface area (Å²) in [5.74, 6) is 0.349. The molecule has 4 nitrogen and oxygen atoms in total. The van der Waals surface area contributed by atoms with E-state index in [-0.39, 0.29) is 18.6 Å². The lowest BCUT2D eigenvalue weighted by Crippen LogP contribution is -2.41. The average Bonchev–Trinajstić information content (AvgIpc) is 2.24. The van der Waals surface area contributed by atoms with E-state index in [4.69, 9.17) is 9.84 Å². The third-order valence-electron chi connectivity index (χ3n) is 3.92. The van der Waals surface area contributed by atoms with Gasteiger partial charge in [0.05, 0.1) is 31.0 Å². The SMILES string of the molecule is CC(C)C(C)(C)C(O)COC(C)(C)CC(O)CO. The Morgan fingerprint density at radius 3 is 1.94 bits per heavy atom. The van der Waals surface area contributed by atoms with Gasteiger partial charge in [-0.3, -0.25) is 0 Å². The molecular weight excluding hydrogens is 232 g/mol. The van der Waals surface area contributed by atoms with Crippen molar-refractivity contribution in [3.63, 3.8) is 0 Å². The van der Waals surface area contributed by atoms with E-state index in [2.05, 4.69) is 13.8 Å². The molecule has 110 valence electrons. The minimum absolute atomic E-state index is 0.217. The summed E-state index contributed by atoms with van der Waals surface area (Å²) in [6.07, 6.45) is -0.989. The Hall–Kier alpha value is -0.160. The predicted molar refractivity (Wildman–Crippen MR) is 72.4 cm³/mol. The second-order valence-corrected chi connectivity index (χ2v) is 6.60. The lowest BCUT2D eigenvalue weighted by molar-refractivity contribution is -0.114. The topological polar surface area (TPSA) is 69.9 Å². The molecule has 0 saturated heterocycles. The molecule has 0 heterocycles. The van der Waals surface area contributed by atoms with Crippen LogP contribution in [-0.2, 0) is 4.74 Å². The summed E-state index contributed by atoms with van der Waals surface area (Å²) >= 11 is 0. The maximum absolute atomic E-state index is 10.2. The Morgan fingerprint density at radius 2 is 1.56 bits per heavy atom. The highest BCUT2D eigenvalue weighted by Crippen LogP contribution is 2.31. The Kier molecular flexibility index (Phi) is 6.79. The van der Waals surface area contributed by atoms with E-state index in [9.17, 15) is 10.2 Å². The first-order valence-corrected chi connectivity index (χ1v) is 6.64. The smallest absolute Gasteiger partial charge is 0.0827 e. The second-order valence-electron chi connectivity index (χ2n) is 6.60. The molecule has 0 radical (unpaired) electrons. The Labute approximate surface area is 111 Å². The summed E-state index contributed by atoms with van der Waals surface area (Å²) in [4.78, 5) is 0. The van der Waals surface area contributed by atoms with Crippen molar-refractivity contribution in [1.82, 2.24) is 0 Å². The maximum atomic E-state index is 10.2. The van der Waals surface area contributed by atoms with Gasteiger partial charge in [0.15, 0.2) is 0 Å². The molecule has 2 atom stereocenters. The summed E-state index contributed by atoms with van der Waals surface area (Å²) in [5, 5.41) is 28.4. The summed E-state index contributed by atoms with van der Waals surface area (Å²) in [6.45, 7) is 11.8. The number of aliphatic hydroxyl groups excluding tert-OH is 3. The third-order valence-corrected chi connectivity index (χ3v) is 3.92. The average molecular weight is 262 g/mol. The third kappa shape index (κ3) is 5.65. The van der Waals surface area contributed by atoms with Crippen LogP contribution in [0.15, 0.2) is 0 Å². The molecular formula is C14H30O4. The molecule has 0 rings (SSSR count). The van der Waals surface area contributed by atoms with Gasteiger partial charge in [-0.2, -0.15) is 0 Å². The molecule has 4 heteroatoms. The van der Waals surface area contributed by atoms with Crippen LogP contribution in [0.1, 0.15) is 48.0 Å². The van der Waals surface area contributed by atoms with E-state index in [1.807, 2.05) is 27.7 Å². The fourth-order valence-electron chi connectivity index (χ4n) is 1.59. The van der Waals surface area contributed by atoms with E-state index < -0.39 is 17.8 Å². The number of ether oxygens (including phenoxy) is 1. The van der Waals surface area contributed by atoms with Crippen LogP contribution in [0.25, 0.3) is 0 Å². The molecule has 3 N–H and O–H groups in total. The number of hydrogen-bond donors (Lipinski definition) is 3. The Morgan fingerprint density at radius 1 is 1.06 bits per heavy atom. The number of rotatable bonds is 8. The van der Waals surface area contributed by atoms with Crippen molar-refractivity contribution in [2.75, 3.05) is 13.2 Å². The van der Waals surface area contributed by atoms with E-state index in [0.29, 0.717) is 12.3 Å². The molecule has 0 aliphatic heterocycles. The predicted octanol–water partition coefficient (Wildman–Crippen LogP) is 1.57. The molecule has 0 amide bonds. The van der Waals surface area contributed by atoms with Crippen LogP contribution in [-0.4, -0.2) is 46.3 Å². The molecule has 0 spiro atoms. The molecule has 0 aromatic heterocycles. The summed E-state index contributed by atoms with van der Waals surface area (Å²) < 4.78 is 5.68. The van der Waals surface area contributed by atoms with Gasteiger partial charge in [0.25, 0.3) is 0 Å². The number of aliphatic hydroxyl groups is 3. The molecule has 0 aliphatic rings. The minimum Gasteiger partial charge on any atom is -0.394 e. The minimum atomic E-state index is -0.782. The van der Waals surface area contributed by atoms with Gasteiger partial charge in [-0.1, -0.05) is 27.7 Å². The first kappa shape index (κ1) is 17.8. The fraction of sp³-hybridized carbons (Fsp3) is 1.00. The van der Waals surface area contributed by atoms with Gasteiger partial charge < -0.3 is 20.1 Å². The van der Waals surface area contributed by atoms with Crippen LogP contribution in [0, 0.1) is 11.3 Å². The van der Waals surface area contributed by atoms with Crippen molar-refractivity contribution in [1.29, 1.82) is 0 Å². The lowest BCUT2D eigenvalue weighted by atomic mass is 9.76. The zero-order valence-corrected chi connectivity index (χ0v) is 12.6. The summed E-state index contributed by atoms with van der Waals surface area (Å²) in [7, 11) is 0. The summed E-state index contributed by atoms with van der Waals surface area (Å²) in [6, 6.07) is 0. The van der Waals surface area contributed by atoms with Crippen LogP contribution in [0.3, 0.4) is 0 Å². The van der Waals surface area contributed by atoms with Crippen LogP contribution < -0.4 is 0 Å². The standard InChI is InChI=1S/C14H30O4/c1-10(2)14(5,6)12(17)9-18-13(3,4)7-11(16)8-15/h10-12,15-17H,7-9H2,1-6H3. The summed E-state index contributed by atoms with van der Waals surface area (Å²) in [5.41, 5.74) is -0.776. The second kappa shape index (κ2) is 6.85. The molecule has 0 aromatic carbocycles. The maximum Gasteiger partial charge on any atom is 0.0827 e. The number of hydrogen-bond acceptors (Lipinski definition) is 4. The van der Waals surface area contributed by atoms with E-state index >= 15 is 0 Å². The van der Waals surface area contributed by atoms with Gasteiger partial charge in [0.1, 0.15) is 0 Å².